The first-order valence-electron chi connectivity index (χ1n) is 9.99. The number of methoxy groups -OCH3 is 1. The number of benzene rings is 1. The van der Waals surface area contributed by atoms with Crippen LogP contribution < -0.4 is 10.4 Å². The summed E-state index contributed by atoms with van der Waals surface area (Å²) in [6.45, 7) is 8.81. The number of fused-ring (bicyclic) bond motifs is 1. The van der Waals surface area contributed by atoms with Gasteiger partial charge in [0.05, 0.1) is 25.0 Å². The molecule has 0 aliphatic carbocycles. The van der Waals surface area contributed by atoms with E-state index in [1.807, 2.05) is 26.0 Å². The predicted octanol–water partition coefficient (Wildman–Crippen LogP) is 3.01. The average Bonchev–Trinajstić information content (AvgIpc) is 2.74. The normalized spacial score (nSPS) is 14.6. The van der Waals surface area contributed by atoms with Gasteiger partial charge in [0.25, 0.3) is 0 Å². The van der Waals surface area contributed by atoms with Crippen LogP contribution in [0.2, 0.25) is 0 Å². The SMILES string of the molecule is C=C(C)COc1ccc2c(C)c(CC(=O)N3CCC(C(=O)OC)CC3)c(=O)oc2c1. The number of ether oxygens (including phenoxy) is 2. The van der Waals surface area contributed by atoms with Gasteiger partial charge < -0.3 is 18.8 Å². The molecule has 7 nitrogen and oxygen atoms in total. The molecule has 7 heteroatoms. The summed E-state index contributed by atoms with van der Waals surface area (Å²) in [4.78, 5) is 38.7. The zero-order valence-corrected chi connectivity index (χ0v) is 17.7. The molecule has 1 saturated heterocycles. The van der Waals surface area contributed by atoms with E-state index in [1.54, 1.807) is 11.0 Å². The molecule has 1 fully saturated rings. The summed E-state index contributed by atoms with van der Waals surface area (Å²) in [7, 11) is 1.37. The number of hydrogen-bond acceptors (Lipinski definition) is 6. The molecule has 30 heavy (non-hydrogen) atoms. The maximum atomic E-state index is 12.8. The van der Waals surface area contributed by atoms with E-state index in [-0.39, 0.29) is 24.2 Å². The van der Waals surface area contributed by atoms with Crippen molar-refractivity contribution in [2.75, 3.05) is 26.8 Å². The molecule has 0 saturated carbocycles. The fourth-order valence-corrected chi connectivity index (χ4v) is 3.67. The lowest BCUT2D eigenvalue weighted by molar-refractivity contribution is -0.148. The van der Waals surface area contributed by atoms with Crippen LogP contribution in [-0.2, 0) is 20.7 Å². The lowest BCUT2D eigenvalue weighted by Gasteiger charge is -2.30. The fraction of sp³-hybridized carbons (Fsp3) is 0.435. The number of hydrogen-bond donors (Lipinski definition) is 0. The van der Waals surface area contributed by atoms with E-state index in [4.69, 9.17) is 13.9 Å². The van der Waals surface area contributed by atoms with Crippen molar-refractivity contribution in [2.45, 2.75) is 33.1 Å². The summed E-state index contributed by atoms with van der Waals surface area (Å²) < 4.78 is 15.9. The lowest BCUT2D eigenvalue weighted by Crippen LogP contribution is -2.41. The van der Waals surface area contributed by atoms with E-state index in [0.29, 0.717) is 49.4 Å². The highest BCUT2D eigenvalue weighted by Gasteiger charge is 2.28. The van der Waals surface area contributed by atoms with Gasteiger partial charge in [0.15, 0.2) is 0 Å². The van der Waals surface area contributed by atoms with E-state index in [2.05, 4.69) is 6.58 Å². The van der Waals surface area contributed by atoms with Gasteiger partial charge in [0.1, 0.15) is 17.9 Å². The van der Waals surface area contributed by atoms with Crippen LogP contribution in [0.4, 0.5) is 0 Å². The molecule has 2 heterocycles. The van der Waals surface area contributed by atoms with E-state index < -0.39 is 5.63 Å². The maximum absolute atomic E-state index is 12.8. The van der Waals surface area contributed by atoms with Crippen molar-refractivity contribution in [1.82, 2.24) is 4.90 Å². The Bertz CT molecular complexity index is 1030. The van der Waals surface area contributed by atoms with E-state index in [1.165, 1.54) is 7.11 Å². The van der Waals surface area contributed by atoms with E-state index >= 15 is 0 Å². The number of amides is 1. The van der Waals surface area contributed by atoms with Crippen LogP contribution in [0, 0.1) is 12.8 Å². The number of nitrogens with zero attached hydrogens (tertiary/aromatic N) is 1. The molecule has 160 valence electrons. The fourth-order valence-electron chi connectivity index (χ4n) is 3.67. The van der Waals surface area contributed by atoms with Gasteiger partial charge in [-0.25, -0.2) is 4.79 Å². The zero-order chi connectivity index (χ0) is 21.8. The number of piperidine rings is 1. The van der Waals surface area contributed by atoms with Crippen LogP contribution in [0.25, 0.3) is 11.0 Å². The van der Waals surface area contributed by atoms with Gasteiger partial charge >= 0.3 is 11.6 Å². The van der Waals surface area contributed by atoms with E-state index in [0.717, 1.165) is 16.5 Å². The number of carbonyl (C=O) groups is 2. The van der Waals surface area contributed by atoms with Crippen LogP contribution in [0.5, 0.6) is 5.75 Å². The third-order valence-corrected chi connectivity index (χ3v) is 5.45. The first-order chi connectivity index (χ1) is 14.3. The van der Waals surface area contributed by atoms with Crippen LogP contribution in [-0.4, -0.2) is 43.6 Å². The third kappa shape index (κ3) is 4.72. The molecular formula is C23H27NO6. The molecule has 2 aromatic rings. The smallest absolute Gasteiger partial charge is 0.340 e. The number of esters is 1. The molecule has 3 rings (SSSR count). The highest BCUT2D eigenvalue weighted by atomic mass is 16.5. The molecule has 0 spiro atoms. The molecule has 0 radical (unpaired) electrons. The Labute approximate surface area is 175 Å². The summed E-state index contributed by atoms with van der Waals surface area (Å²) in [5.74, 6) is 0.0346. The highest BCUT2D eigenvalue weighted by molar-refractivity contribution is 5.85. The Morgan fingerprint density at radius 2 is 1.97 bits per heavy atom. The van der Waals surface area contributed by atoms with Gasteiger partial charge in [-0.3, -0.25) is 9.59 Å². The van der Waals surface area contributed by atoms with Gasteiger partial charge in [-0.05, 0) is 50.0 Å². The van der Waals surface area contributed by atoms with Crippen LogP contribution in [0.3, 0.4) is 0 Å². The highest BCUT2D eigenvalue weighted by Crippen LogP contribution is 2.25. The second-order valence-corrected chi connectivity index (χ2v) is 7.75. The van der Waals surface area contributed by atoms with Crippen molar-refractivity contribution in [1.29, 1.82) is 0 Å². The van der Waals surface area contributed by atoms with Gasteiger partial charge in [-0.1, -0.05) is 6.58 Å². The molecule has 0 atom stereocenters. The summed E-state index contributed by atoms with van der Waals surface area (Å²) in [6.07, 6.45) is 1.11. The first-order valence-corrected chi connectivity index (χ1v) is 9.99. The van der Waals surface area contributed by atoms with Crippen molar-refractivity contribution in [2.24, 2.45) is 5.92 Å². The predicted molar refractivity (Wildman–Crippen MR) is 113 cm³/mol. The summed E-state index contributed by atoms with van der Waals surface area (Å²) >= 11 is 0. The minimum absolute atomic E-state index is 0.0269. The third-order valence-electron chi connectivity index (χ3n) is 5.45. The topological polar surface area (TPSA) is 86.0 Å². The van der Waals surface area contributed by atoms with Crippen molar-refractivity contribution in [3.8, 4) is 5.75 Å². The second kappa shape index (κ2) is 9.15. The minimum atomic E-state index is -0.519. The van der Waals surface area contributed by atoms with Gasteiger partial charge in [0, 0.05) is 24.5 Å². The van der Waals surface area contributed by atoms with E-state index in [9.17, 15) is 14.4 Å². The van der Waals surface area contributed by atoms with Crippen molar-refractivity contribution < 1.29 is 23.5 Å². The summed E-state index contributed by atoms with van der Waals surface area (Å²) in [6, 6.07) is 5.31. The average molecular weight is 413 g/mol. The molecule has 0 unspecified atom stereocenters. The Morgan fingerprint density at radius 1 is 1.27 bits per heavy atom. The number of aryl methyl sites for hydroxylation is 1. The first kappa shape index (κ1) is 21.6. The monoisotopic (exact) mass is 413 g/mol. The van der Waals surface area contributed by atoms with Crippen molar-refractivity contribution in [3.05, 3.63) is 51.9 Å². The molecule has 1 aliphatic rings. The van der Waals surface area contributed by atoms with Gasteiger partial charge in [0.2, 0.25) is 5.91 Å². The standard InChI is InChI=1S/C23H27NO6/c1-14(2)13-29-17-5-6-18-15(3)19(23(27)30-20(18)11-17)12-21(25)24-9-7-16(8-10-24)22(26)28-4/h5-6,11,16H,1,7-10,12-13H2,2-4H3. The van der Waals surface area contributed by atoms with Gasteiger partial charge in [-0.15, -0.1) is 0 Å². The van der Waals surface area contributed by atoms with Crippen molar-refractivity contribution >= 4 is 22.8 Å². The Kier molecular flexibility index (Phi) is 6.59. The largest absolute Gasteiger partial charge is 0.489 e. The Morgan fingerprint density at radius 3 is 2.60 bits per heavy atom. The Hall–Kier alpha value is -3.09. The molecule has 0 bridgehead atoms. The zero-order valence-electron chi connectivity index (χ0n) is 17.7. The van der Waals surface area contributed by atoms with Crippen molar-refractivity contribution in [3.63, 3.8) is 0 Å². The lowest BCUT2D eigenvalue weighted by atomic mass is 9.96. The van der Waals surface area contributed by atoms with Crippen LogP contribution in [0.1, 0.15) is 30.9 Å². The number of carbonyl (C=O) groups excluding carboxylic acids is 2. The molecular weight excluding hydrogens is 386 g/mol. The molecule has 1 aromatic heterocycles. The summed E-state index contributed by atoms with van der Waals surface area (Å²) in [5, 5.41) is 0.768. The molecule has 1 aliphatic heterocycles. The summed E-state index contributed by atoms with van der Waals surface area (Å²) in [5.41, 5.74) is 1.88. The molecule has 1 amide bonds. The molecule has 0 N–H and O–H groups in total. The van der Waals surface area contributed by atoms with Crippen LogP contribution in [0.15, 0.2) is 39.6 Å². The number of rotatable bonds is 6. The number of likely N-dealkylation sites (tertiary alicyclic amines) is 1. The minimum Gasteiger partial charge on any atom is -0.489 e. The van der Waals surface area contributed by atoms with Crippen LogP contribution >= 0.6 is 0 Å². The quantitative estimate of drug-likeness (QED) is 0.411. The van der Waals surface area contributed by atoms with Gasteiger partial charge in [-0.2, -0.15) is 0 Å². The maximum Gasteiger partial charge on any atom is 0.340 e. The second-order valence-electron chi connectivity index (χ2n) is 7.75. The molecule has 1 aromatic carbocycles. The Balaban J connectivity index is 1.75.